The molecule has 2 atom stereocenters. The van der Waals surface area contributed by atoms with Crippen LogP contribution in [-0.4, -0.2) is 142 Å². The van der Waals surface area contributed by atoms with E-state index in [0.29, 0.717) is 0 Å². The van der Waals surface area contributed by atoms with Gasteiger partial charge in [0, 0.05) is 37.3 Å². The Morgan fingerprint density at radius 1 is 0.711 bits per heavy atom. The van der Waals surface area contributed by atoms with Gasteiger partial charge in [0.25, 0.3) is 11.8 Å². The number of aliphatic hydroxyl groups is 2. The first-order valence-electron chi connectivity index (χ1n) is 12.4. The van der Waals surface area contributed by atoms with Gasteiger partial charge in [0.1, 0.15) is 0 Å². The van der Waals surface area contributed by atoms with Gasteiger partial charge in [0.15, 0.2) is 11.2 Å². The van der Waals surface area contributed by atoms with E-state index in [-0.39, 0.29) is 52.6 Å². The molecule has 0 spiro atoms. The number of aliphatic hydroxyl groups excluding tert-OH is 2. The van der Waals surface area contributed by atoms with Crippen molar-refractivity contribution in [3.8, 4) is 0 Å². The summed E-state index contributed by atoms with van der Waals surface area (Å²) < 4.78 is 11.4. The number of hydrogen-bond donors (Lipinski definition) is 6. The SMILES string of the molecule is CC1(C)CN(CC(=O)O)CC(C)(OCCO)C(=O)NC(C)(C)CN(CC(=O)O)CC(C)(OCCO)C(=O)N1. The number of carbonyl (C=O) groups is 4. The van der Waals surface area contributed by atoms with Crippen LogP contribution in [0, 0.1) is 0 Å². The van der Waals surface area contributed by atoms with Crippen molar-refractivity contribution in [3.05, 3.63) is 0 Å². The molecule has 220 valence electrons. The fourth-order valence-corrected chi connectivity index (χ4v) is 4.56. The van der Waals surface area contributed by atoms with E-state index in [1.54, 1.807) is 27.7 Å². The first kappa shape index (κ1) is 33.7. The molecule has 0 saturated carbocycles. The quantitative estimate of drug-likeness (QED) is 0.177. The molecule has 14 nitrogen and oxygen atoms in total. The first-order valence-corrected chi connectivity index (χ1v) is 12.4. The van der Waals surface area contributed by atoms with Gasteiger partial charge in [-0.1, -0.05) is 0 Å². The Morgan fingerprint density at radius 2 is 1.03 bits per heavy atom. The molecule has 0 bridgehead atoms. The second-order valence-electron chi connectivity index (χ2n) is 11.4. The molecular weight excluding hydrogens is 504 g/mol. The van der Waals surface area contributed by atoms with Gasteiger partial charge in [-0.25, -0.2) is 0 Å². The molecule has 0 aromatic heterocycles. The number of amides is 2. The lowest BCUT2D eigenvalue weighted by Crippen LogP contribution is -2.66. The predicted molar refractivity (Wildman–Crippen MR) is 135 cm³/mol. The maximum Gasteiger partial charge on any atom is 0.317 e. The number of carbonyl (C=O) groups excluding carboxylic acids is 2. The number of rotatable bonds is 10. The summed E-state index contributed by atoms with van der Waals surface area (Å²) in [5, 5.41) is 43.4. The van der Waals surface area contributed by atoms with Gasteiger partial charge < -0.3 is 40.5 Å². The van der Waals surface area contributed by atoms with E-state index < -0.39 is 59.1 Å². The molecule has 0 aromatic carbocycles. The molecule has 1 fully saturated rings. The van der Waals surface area contributed by atoms with Crippen LogP contribution >= 0.6 is 0 Å². The van der Waals surface area contributed by atoms with Crippen LogP contribution in [0.4, 0.5) is 0 Å². The van der Waals surface area contributed by atoms with Crippen molar-refractivity contribution in [2.24, 2.45) is 0 Å². The largest absolute Gasteiger partial charge is 0.480 e. The van der Waals surface area contributed by atoms with E-state index in [1.807, 2.05) is 0 Å². The van der Waals surface area contributed by atoms with Gasteiger partial charge in [-0.3, -0.25) is 29.0 Å². The van der Waals surface area contributed by atoms with Gasteiger partial charge in [-0.2, -0.15) is 0 Å². The summed E-state index contributed by atoms with van der Waals surface area (Å²) >= 11 is 0. The molecule has 14 heteroatoms. The third-order valence-electron chi connectivity index (χ3n) is 5.89. The maximum absolute atomic E-state index is 13.5. The van der Waals surface area contributed by atoms with Gasteiger partial charge in [-0.05, 0) is 41.5 Å². The highest BCUT2D eigenvalue weighted by Gasteiger charge is 2.44. The summed E-state index contributed by atoms with van der Waals surface area (Å²) in [6, 6.07) is 0. The molecule has 6 N–H and O–H groups in total. The van der Waals surface area contributed by atoms with Crippen molar-refractivity contribution < 1.29 is 49.1 Å². The molecule has 2 amide bonds. The summed E-state index contributed by atoms with van der Waals surface area (Å²) in [5.41, 5.74) is -5.25. The van der Waals surface area contributed by atoms with Crippen LogP contribution in [-0.2, 0) is 28.7 Å². The summed E-state index contributed by atoms with van der Waals surface area (Å²) in [6.07, 6.45) is 0. The minimum absolute atomic E-state index is 0.00525. The van der Waals surface area contributed by atoms with Crippen LogP contribution in [0.5, 0.6) is 0 Å². The molecule has 2 unspecified atom stereocenters. The van der Waals surface area contributed by atoms with Gasteiger partial charge in [0.05, 0.1) is 39.5 Å². The Morgan fingerprint density at radius 3 is 1.29 bits per heavy atom. The van der Waals surface area contributed by atoms with Gasteiger partial charge in [-0.15, -0.1) is 0 Å². The zero-order valence-electron chi connectivity index (χ0n) is 23.2. The van der Waals surface area contributed by atoms with Crippen LogP contribution in [0.3, 0.4) is 0 Å². The van der Waals surface area contributed by atoms with Crippen LogP contribution in [0.15, 0.2) is 0 Å². The zero-order chi connectivity index (χ0) is 29.4. The van der Waals surface area contributed by atoms with E-state index in [4.69, 9.17) is 9.47 Å². The monoisotopic (exact) mass is 548 g/mol. The molecule has 1 aliphatic rings. The Bertz CT molecular complexity index is 784. The number of ether oxygens (including phenoxy) is 2. The van der Waals surface area contributed by atoms with Crippen LogP contribution in [0.25, 0.3) is 0 Å². The highest BCUT2D eigenvalue weighted by Crippen LogP contribution is 2.22. The van der Waals surface area contributed by atoms with Crippen molar-refractivity contribution in [2.75, 3.05) is 65.7 Å². The molecule has 1 saturated heterocycles. The molecular formula is C24H44N4O10. The second kappa shape index (κ2) is 13.6. The number of carboxylic acid groups (broad SMARTS) is 2. The van der Waals surface area contributed by atoms with E-state index in [9.17, 15) is 39.6 Å². The highest BCUT2D eigenvalue weighted by molar-refractivity contribution is 5.86. The lowest BCUT2D eigenvalue weighted by molar-refractivity contribution is -0.158. The van der Waals surface area contributed by atoms with Crippen LogP contribution in [0.1, 0.15) is 41.5 Å². The Kier molecular flexibility index (Phi) is 12.1. The lowest BCUT2D eigenvalue weighted by atomic mass is 9.95. The average Bonchev–Trinajstić information content (AvgIpc) is 2.73. The minimum Gasteiger partial charge on any atom is -0.480 e. The predicted octanol–water partition coefficient (Wildman–Crippen LogP) is -1.90. The Hall–Kier alpha value is -2.36. The smallest absolute Gasteiger partial charge is 0.317 e. The summed E-state index contributed by atoms with van der Waals surface area (Å²) in [5.74, 6) is -3.47. The number of nitrogens with zero attached hydrogens (tertiary/aromatic N) is 2. The molecule has 0 aromatic rings. The second-order valence-corrected chi connectivity index (χ2v) is 11.4. The van der Waals surface area contributed by atoms with Crippen LogP contribution < -0.4 is 10.6 Å². The van der Waals surface area contributed by atoms with Crippen LogP contribution in [0.2, 0.25) is 0 Å². The molecule has 38 heavy (non-hydrogen) atoms. The summed E-state index contributed by atoms with van der Waals surface area (Å²) in [7, 11) is 0. The fourth-order valence-electron chi connectivity index (χ4n) is 4.56. The minimum atomic E-state index is -1.59. The Labute approximate surface area is 223 Å². The highest BCUT2D eigenvalue weighted by atomic mass is 16.5. The van der Waals surface area contributed by atoms with Gasteiger partial charge in [0.2, 0.25) is 0 Å². The standard InChI is InChI=1S/C24H44N4O10/c1-21(2)13-27(11-17(31)32)15-24(6,38-10-8-30)20(36)26-22(3,4)14-28(12-18(33)34)16-23(5,19(35)25-21)37-9-7-29/h29-30H,7-16H2,1-6H3,(H,25,35)(H,26,36)(H,31,32)(H,33,34). The number of hydrogen-bond acceptors (Lipinski definition) is 10. The molecule has 0 radical (unpaired) electrons. The lowest BCUT2D eigenvalue weighted by Gasteiger charge is -2.43. The first-order chi connectivity index (χ1) is 17.4. The number of carboxylic acids is 2. The number of nitrogens with one attached hydrogen (secondary N) is 2. The molecule has 1 heterocycles. The van der Waals surface area contributed by atoms with Crippen molar-refractivity contribution >= 4 is 23.8 Å². The van der Waals surface area contributed by atoms with Crippen molar-refractivity contribution in [3.63, 3.8) is 0 Å². The van der Waals surface area contributed by atoms with E-state index in [2.05, 4.69) is 10.6 Å². The zero-order valence-corrected chi connectivity index (χ0v) is 23.2. The summed E-state index contributed by atoms with van der Waals surface area (Å²) in [6.45, 7) is 7.24. The average molecular weight is 549 g/mol. The third-order valence-corrected chi connectivity index (χ3v) is 5.89. The maximum atomic E-state index is 13.5. The van der Waals surface area contributed by atoms with E-state index in [0.717, 1.165) is 0 Å². The van der Waals surface area contributed by atoms with E-state index in [1.165, 1.54) is 23.6 Å². The van der Waals surface area contributed by atoms with Crippen molar-refractivity contribution in [1.82, 2.24) is 20.4 Å². The van der Waals surface area contributed by atoms with Gasteiger partial charge >= 0.3 is 11.9 Å². The van der Waals surface area contributed by atoms with E-state index >= 15 is 0 Å². The third kappa shape index (κ3) is 10.8. The number of aliphatic carboxylic acids is 2. The Balaban J connectivity index is 3.61. The normalized spacial score (nSPS) is 27.7. The summed E-state index contributed by atoms with van der Waals surface area (Å²) in [4.78, 5) is 53.3. The molecule has 1 aliphatic heterocycles. The topological polar surface area (TPSA) is 198 Å². The van der Waals surface area contributed by atoms with Crippen molar-refractivity contribution in [2.45, 2.75) is 63.8 Å². The molecule has 0 aliphatic carbocycles. The fraction of sp³-hybridized carbons (Fsp3) is 0.833. The molecule has 1 rings (SSSR count). The van der Waals surface area contributed by atoms with Crippen molar-refractivity contribution in [1.29, 1.82) is 0 Å².